The van der Waals surface area contributed by atoms with Crippen LogP contribution in [0.5, 0.6) is 11.6 Å². The van der Waals surface area contributed by atoms with Gasteiger partial charge in [-0.25, -0.2) is 4.98 Å². The molecule has 1 fully saturated rings. The lowest BCUT2D eigenvalue weighted by atomic mass is 10.0. The van der Waals surface area contributed by atoms with Crippen molar-refractivity contribution in [2.24, 2.45) is 0 Å². The minimum absolute atomic E-state index is 0.0629. The van der Waals surface area contributed by atoms with Crippen molar-refractivity contribution < 1.29 is 14.6 Å². The molecule has 1 aromatic carbocycles. The number of rotatable bonds is 7. The second-order valence-electron chi connectivity index (χ2n) is 6.57. The fourth-order valence-corrected chi connectivity index (χ4v) is 4.41. The lowest BCUT2D eigenvalue weighted by Gasteiger charge is -2.34. The van der Waals surface area contributed by atoms with E-state index in [1.807, 2.05) is 12.1 Å². The number of benzene rings is 1. The summed E-state index contributed by atoms with van der Waals surface area (Å²) in [6.07, 6.45) is 3.63. The molecule has 0 amide bonds. The number of hydrogen-bond acceptors (Lipinski definition) is 7. The van der Waals surface area contributed by atoms with Crippen molar-refractivity contribution in [3.63, 3.8) is 0 Å². The quantitative estimate of drug-likeness (QED) is 0.627. The molecule has 1 unspecified atom stereocenters. The van der Waals surface area contributed by atoms with Crippen LogP contribution in [0, 0.1) is 0 Å². The van der Waals surface area contributed by atoms with Gasteiger partial charge in [0.05, 0.1) is 30.7 Å². The van der Waals surface area contributed by atoms with E-state index in [2.05, 4.69) is 34.0 Å². The van der Waals surface area contributed by atoms with Crippen molar-refractivity contribution in [1.82, 2.24) is 19.5 Å². The molecule has 3 heterocycles. The minimum Gasteiger partial charge on any atom is -0.494 e. The molecular weight excluding hydrogens is 364 g/mol. The summed E-state index contributed by atoms with van der Waals surface area (Å²) in [5.74, 6) is 1.03. The zero-order valence-corrected chi connectivity index (χ0v) is 16.2. The van der Waals surface area contributed by atoms with E-state index in [1.54, 1.807) is 0 Å². The molecule has 1 aliphatic heterocycles. The van der Waals surface area contributed by atoms with E-state index < -0.39 is 0 Å². The summed E-state index contributed by atoms with van der Waals surface area (Å²) in [5.41, 5.74) is 1.11. The van der Waals surface area contributed by atoms with Gasteiger partial charge in [-0.3, -0.25) is 4.90 Å². The molecule has 2 aromatic heterocycles. The second-order valence-corrected chi connectivity index (χ2v) is 7.58. The Hall–Kier alpha value is -2.16. The van der Waals surface area contributed by atoms with Crippen LogP contribution in [0.1, 0.15) is 36.2 Å². The fourth-order valence-electron chi connectivity index (χ4n) is 3.32. The molecule has 27 heavy (non-hydrogen) atoms. The van der Waals surface area contributed by atoms with Gasteiger partial charge < -0.3 is 14.6 Å². The van der Waals surface area contributed by atoms with E-state index in [0.29, 0.717) is 18.2 Å². The first-order chi connectivity index (χ1) is 13.3. The highest BCUT2D eigenvalue weighted by Crippen LogP contribution is 2.40. The highest BCUT2D eigenvalue weighted by atomic mass is 32.1. The van der Waals surface area contributed by atoms with Gasteiger partial charge >= 0.3 is 0 Å². The molecule has 3 aromatic rings. The Bertz CT molecular complexity index is 871. The average Bonchev–Trinajstić information content (AvgIpc) is 3.28. The van der Waals surface area contributed by atoms with Crippen LogP contribution in [0.25, 0.3) is 4.96 Å². The van der Waals surface area contributed by atoms with Crippen molar-refractivity contribution in [3.05, 3.63) is 41.0 Å². The zero-order chi connectivity index (χ0) is 18.6. The first kappa shape index (κ1) is 18.2. The molecule has 0 spiro atoms. The Morgan fingerprint density at radius 3 is 2.74 bits per heavy atom. The lowest BCUT2D eigenvalue weighted by Crippen LogP contribution is -2.39. The van der Waals surface area contributed by atoms with Gasteiger partial charge in [0.25, 0.3) is 0 Å². The van der Waals surface area contributed by atoms with Crippen LogP contribution in [0.3, 0.4) is 0 Å². The molecule has 1 saturated heterocycles. The standard InChI is InChI=1S/C19H24N4O3S/c1-2-3-10-26-15-6-4-14(5-7-15)16(22-8-11-25-12-9-22)17-18(24)23-19(27-17)20-13-21-23/h4-7,13,16,24H,2-3,8-12H2,1H3. The predicted octanol–water partition coefficient (Wildman–Crippen LogP) is 3.10. The van der Waals surface area contributed by atoms with Crippen LogP contribution in [-0.4, -0.2) is 57.5 Å². The van der Waals surface area contributed by atoms with Gasteiger partial charge in [0.2, 0.25) is 10.8 Å². The molecule has 0 bridgehead atoms. The van der Waals surface area contributed by atoms with Crippen molar-refractivity contribution in [3.8, 4) is 11.6 Å². The molecule has 144 valence electrons. The zero-order valence-electron chi connectivity index (χ0n) is 15.4. The summed E-state index contributed by atoms with van der Waals surface area (Å²) in [7, 11) is 0. The molecule has 0 saturated carbocycles. The van der Waals surface area contributed by atoms with Crippen LogP contribution in [0.15, 0.2) is 30.6 Å². The topological polar surface area (TPSA) is 72.1 Å². The Morgan fingerprint density at radius 2 is 2.04 bits per heavy atom. The van der Waals surface area contributed by atoms with E-state index >= 15 is 0 Å². The number of thiazole rings is 1. The van der Waals surface area contributed by atoms with Crippen LogP contribution in [0.4, 0.5) is 0 Å². The summed E-state index contributed by atoms with van der Waals surface area (Å²) in [6.45, 7) is 5.89. The summed E-state index contributed by atoms with van der Waals surface area (Å²) >= 11 is 1.47. The maximum atomic E-state index is 10.7. The molecule has 7 nitrogen and oxygen atoms in total. The third-order valence-electron chi connectivity index (χ3n) is 4.76. The monoisotopic (exact) mass is 388 g/mol. The van der Waals surface area contributed by atoms with Crippen molar-refractivity contribution in [2.45, 2.75) is 25.8 Å². The summed E-state index contributed by atoms with van der Waals surface area (Å²) < 4.78 is 12.8. The maximum absolute atomic E-state index is 10.7. The van der Waals surface area contributed by atoms with Crippen LogP contribution in [-0.2, 0) is 4.74 Å². The number of hydrogen-bond donors (Lipinski definition) is 1. The molecule has 1 aliphatic rings. The normalized spacial score (nSPS) is 16.6. The smallest absolute Gasteiger partial charge is 0.230 e. The van der Waals surface area contributed by atoms with Crippen molar-refractivity contribution >= 4 is 16.3 Å². The number of ether oxygens (including phenoxy) is 2. The van der Waals surface area contributed by atoms with Gasteiger partial charge in [0, 0.05) is 13.1 Å². The number of unbranched alkanes of at least 4 members (excludes halogenated alkanes) is 1. The van der Waals surface area contributed by atoms with Crippen LogP contribution >= 0.6 is 11.3 Å². The highest BCUT2D eigenvalue weighted by molar-refractivity contribution is 7.17. The molecule has 0 aliphatic carbocycles. The molecule has 8 heteroatoms. The second kappa shape index (κ2) is 8.24. The molecule has 0 radical (unpaired) electrons. The number of aromatic nitrogens is 3. The average molecular weight is 388 g/mol. The van der Waals surface area contributed by atoms with E-state index in [9.17, 15) is 5.11 Å². The Kier molecular flexibility index (Phi) is 5.56. The molecule has 4 rings (SSSR count). The SMILES string of the molecule is CCCCOc1ccc(C(c2sc3ncnn3c2O)N2CCOCC2)cc1. The largest absolute Gasteiger partial charge is 0.494 e. The highest BCUT2D eigenvalue weighted by Gasteiger charge is 2.30. The molecule has 1 N–H and O–H groups in total. The lowest BCUT2D eigenvalue weighted by molar-refractivity contribution is 0.0241. The van der Waals surface area contributed by atoms with Gasteiger partial charge in [-0.2, -0.15) is 9.61 Å². The first-order valence-corrected chi connectivity index (χ1v) is 10.2. The van der Waals surface area contributed by atoms with Gasteiger partial charge in [-0.05, 0) is 24.1 Å². The predicted molar refractivity (Wildman–Crippen MR) is 104 cm³/mol. The van der Waals surface area contributed by atoms with E-state index in [0.717, 1.165) is 48.7 Å². The summed E-state index contributed by atoms with van der Waals surface area (Å²) in [4.78, 5) is 8.11. The number of nitrogens with zero attached hydrogens (tertiary/aromatic N) is 4. The Morgan fingerprint density at radius 1 is 1.26 bits per heavy atom. The minimum atomic E-state index is -0.0629. The molecular formula is C19H24N4O3S. The van der Waals surface area contributed by atoms with Crippen LogP contribution in [0.2, 0.25) is 0 Å². The van der Waals surface area contributed by atoms with Gasteiger partial charge in [-0.15, -0.1) is 0 Å². The fraction of sp³-hybridized carbons (Fsp3) is 0.474. The summed E-state index contributed by atoms with van der Waals surface area (Å²) in [6, 6.07) is 8.11. The van der Waals surface area contributed by atoms with Crippen molar-refractivity contribution in [2.75, 3.05) is 32.9 Å². The third-order valence-corrected chi connectivity index (χ3v) is 5.85. The number of aromatic hydroxyl groups is 1. The third kappa shape index (κ3) is 3.78. The van der Waals surface area contributed by atoms with Crippen molar-refractivity contribution in [1.29, 1.82) is 0 Å². The van der Waals surface area contributed by atoms with Gasteiger partial charge in [-0.1, -0.05) is 36.8 Å². The van der Waals surface area contributed by atoms with E-state index in [4.69, 9.17) is 9.47 Å². The van der Waals surface area contributed by atoms with Gasteiger partial charge in [0.1, 0.15) is 12.1 Å². The maximum Gasteiger partial charge on any atom is 0.230 e. The number of morpholine rings is 1. The summed E-state index contributed by atoms with van der Waals surface area (Å²) in [5, 5.41) is 14.8. The van der Waals surface area contributed by atoms with E-state index in [1.165, 1.54) is 22.2 Å². The van der Waals surface area contributed by atoms with E-state index in [-0.39, 0.29) is 11.9 Å². The number of fused-ring (bicyclic) bond motifs is 1. The molecule has 1 atom stereocenters. The Balaban J connectivity index is 1.65. The van der Waals surface area contributed by atoms with Gasteiger partial charge in [0.15, 0.2) is 0 Å². The first-order valence-electron chi connectivity index (χ1n) is 9.34. The van der Waals surface area contributed by atoms with Crippen LogP contribution < -0.4 is 4.74 Å². The Labute approximate surface area is 162 Å².